The Labute approximate surface area is 127 Å². The molecule has 0 bridgehead atoms. The van der Waals surface area contributed by atoms with Crippen LogP contribution in [-0.4, -0.2) is 49.0 Å². The lowest BCUT2D eigenvalue weighted by atomic mass is 10.1. The van der Waals surface area contributed by atoms with Crippen LogP contribution in [0.3, 0.4) is 0 Å². The maximum absolute atomic E-state index is 12.2. The Morgan fingerprint density at radius 3 is 3.05 bits per heavy atom. The first-order valence-electron chi connectivity index (χ1n) is 6.81. The minimum Gasteiger partial charge on any atom is -0.468 e. The number of methoxy groups -OCH3 is 1. The number of nitrogens with zero attached hydrogens (tertiary/aromatic N) is 3. The molecule has 1 aromatic rings. The van der Waals surface area contributed by atoms with Crippen molar-refractivity contribution < 1.29 is 9.53 Å². The van der Waals surface area contributed by atoms with Crippen molar-refractivity contribution in [2.75, 3.05) is 32.1 Å². The van der Waals surface area contributed by atoms with Gasteiger partial charge >= 0.3 is 5.97 Å². The molecule has 8 heteroatoms. The molecule has 0 spiro atoms. The van der Waals surface area contributed by atoms with E-state index in [4.69, 9.17) is 11.6 Å². The molecule has 1 aliphatic heterocycles. The highest BCUT2D eigenvalue weighted by Gasteiger charge is 2.22. The van der Waals surface area contributed by atoms with Gasteiger partial charge in [-0.2, -0.15) is 5.10 Å². The summed E-state index contributed by atoms with van der Waals surface area (Å²) in [6, 6.07) is 0.368. The highest BCUT2D eigenvalue weighted by molar-refractivity contribution is 6.33. The summed E-state index contributed by atoms with van der Waals surface area (Å²) in [6.45, 7) is 1.37. The minimum absolute atomic E-state index is 0.0886. The van der Waals surface area contributed by atoms with Crippen molar-refractivity contribution in [3.8, 4) is 0 Å². The molecule has 116 valence electrons. The van der Waals surface area contributed by atoms with Crippen molar-refractivity contribution in [3.05, 3.63) is 21.6 Å². The summed E-state index contributed by atoms with van der Waals surface area (Å²) < 4.78 is 5.53. The van der Waals surface area contributed by atoms with Gasteiger partial charge in [0, 0.05) is 19.1 Å². The van der Waals surface area contributed by atoms with Crippen molar-refractivity contribution in [1.29, 1.82) is 0 Å². The van der Waals surface area contributed by atoms with E-state index in [0.29, 0.717) is 11.7 Å². The van der Waals surface area contributed by atoms with Crippen molar-refractivity contribution in [2.45, 2.75) is 25.4 Å². The van der Waals surface area contributed by atoms with E-state index >= 15 is 0 Å². The molecule has 1 unspecified atom stereocenters. The molecule has 0 amide bonds. The zero-order valence-electron chi connectivity index (χ0n) is 12.1. The van der Waals surface area contributed by atoms with Crippen LogP contribution in [0.5, 0.6) is 0 Å². The van der Waals surface area contributed by atoms with Crippen LogP contribution in [0.2, 0.25) is 5.02 Å². The van der Waals surface area contributed by atoms with Crippen LogP contribution in [0.25, 0.3) is 0 Å². The number of esters is 1. The molecule has 21 heavy (non-hydrogen) atoms. The number of carbonyl (C=O) groups excluding carboxylic acids is 1. The van der Waals surface area contributed by atoms with Crippen LogP contribution >= 0.6 is 11.6 Å². The van der Waals surface area contributed by atoms with Crippen LogP contribution in [-0.2, 0) is 16.1 Å². The van der Waals surface area contributed by atoms with Gasteiger partial charge in [-0.3, -0.25) is 9.59 Å². The summed E-state index contributed by atoms with van der Waals surface area (Å²) >= 11 is 6.16. The zero-order chi connectivity index (χ0) is 15.4. The zero-order valence-corrected chi connectivity index (χ0v) is 12.9. The number of ether oxygens (including phenoxy) is 1. The second-order valence-corrected chi connectivity index (χ2v) is 5.33. The van der Waals surface area contributed by atoms with Gasteiger partial charge in [0.15, 0.2) is 0 Å². The molecule has 1 fully saturated rings. The Bertz CT molecular complexity index is 575. The average Bonchev–Trinajstić information content (AvgIpc) is 2.52. The molecule has 0 saturated carbocycles. The fraction of sp³-hybridized carbons (Fsp3) is 0.615. The smallest absolute Gasteiger partial charge is 0.327 e. The first kappa shape index (κ1) is 15.8. The molecule has 1 atom stereocenters. The maximum atomic E-state index is 12.2. The van der Waals surface area contributed by atoms with E-state index in [2.05, 4.69) is 15.2 Å². The van der Waals surface area contributed by atoms with Gasteiger partial charge in [0.1, 0.15) is 11.6 Å². The number of aromatic nitrogens is 2. The van der Waals surface area contributed by atoms with Gasteiger partial charge in [0.2, 0.25) is 0 Å². The lowest BCUT2D eigenvalue weighted by Gasteiger charge is -2.34. The molecule has 1 saturated heterocycles. The Hall–Kier alpha value is -1.60. The van der Waals surface area contributed by atoms with Gasteiger partial charge in [-0.1, -0.05) is 11.6 Å². The second-order valence-electron chi connectivity index (χ2n) is 4.96. The number of nitrogens with one attached hydrogen (secondary N) is 1. The largest absolute Gasteiger partial charge is 0.468 e. The predicted molar refractivity (Wildman–Crippen MR) is 79.8 cm³/mol. The van der Waals surface area contributed by atoms with Crippen LogP contribution in [0.1, 0.15) is 12.8 Å². The van der Waals surface area contributed by atoms with Gasteiger partial charge in [-0.05, 0) is 19.9 Å². The van der Waals surface area contributed by atoms with E-state index in [1.807, 2.05) is 11.9 Å². The summed E-state index contributed by atoms with van der Waals surface area (Å²) in [4.78, 5) is 25.4. The van der Waals surface area contributed by atoms with Crippen molar-refractivity contribution in [1.82, 2.24) is 15.1 Å². The SMILES string of the molecule is CNC1CCCN(c2cnn(CC(=O)OC)c(=O)c2Cl)C1. The molecular weight excluding hydrogens is 296 g/mol. The topological polar surface area (TPSA) is 76.5 Å². The Morgan fingerprint density at radius 1 is 1.62 bits per heavy atom. The van der Waals surface area contributed by atoms with Crippen molar-refractivity contribution in [3.63, 3.8) is 0 Å². The third-order valence-corrected chi connectivity index (χ3v) is 4.00. The number of hydrogen-bond acceptors (Lipinski definition) is 6. The molecule has 0 radical (unpaired) electrons. The summed E-state index contributed by atoms with van der Waals surface area (Å²) in [5, 5.41) is 7.33. The van der Waals surface area contributed by atoms with E-state index < -0.39 is 11.5 Å². The fourth-order valence-electron chi connectivity index (χ4n) is 2.41. The highest BCUT2D eigenvalue weighted by atomic mass is 35.5. The number of likely N-dealkylation sites (N-methyl/N-ethyl adjacent to an activating group) is 1. The van der Waals surface area contributed by atoms with Crippen LogP contribution < -0.4 is 15.8 Å². The van der Waals surface area contributed by atoms with Crippen molar-refractivity contribution in [2.24, 2.45) is 0 Å². The third-order valence-electron chi connectivity index (χ3n) is 3.64. The van der Waals surface area contributed by atoms with Gasteiger partial charge in [-0.15, -0.1) is 0 Å². The molecule has 1 aromatic heterocycles. The molecule has 1 aliphatic rings. The van der Waals surface area contributed by atoms with E-state index in [0.717, 1.165) is 30.6 Å². The molecule has 7 nitrogen and oxygen atoms in total. The predicted octanol–water partition coefficient (Wildman–Crippen LogP) is 0.258. The number of anilines is 1. The van der Waals surface area contributed by atoms with E-state index in [1.54, 1.807) is 0 Å². The molecule has 0 aromatic carbocycles. The van der Waals surface area contributed by atoms with Gasteiger partial charge < -0.3 is 15.0 Å². The maximum Gasteiger partial charge on any atom is 0.327 e. The Balaban J connectivity index is 2.24. The second kappa shape index (κ2) is 6.91. The van der Waals surface area contributed by atoms with Gasteiger partial charge in [0.05, 0.1) is 19.0 Å². The standard InChI is InChI=1S/C13H19ClN4O3/c1-15-9-4-3-5-17(7-9)10-6-16-18(8-11(19)21-2)13(20)12(10)14/h6,9,15H,3-5,7-8H2,1-2H3. The number of halogens is 1. The lowest BCUT2D eigenvalue weighted by Crippen LogP contribution is -2.45. The fourth-order valence-corrected chi connectivity index (χ4v) is 2.67. The first-order valence-corrected chi connectivity index (χ1v) is 7.19. The molecule has 0 aliphatic carbocycles. The van der Waals surface area contributed by atoms with E-state index in [9.17, 15) is 9.59 Å². The summed E-state index contributed by atoms with van der Waals surface area (Å²) in [6.07, 6.45) is 3.65. The summed E-state index contributed by atoms with van der Waals surface area (Å²) in [7, 11) is 3.18. The monoisotopic (exact) mass is 314 g/mol. The molecule has 2 rings (SSSR count). The molecule has 2 heterocycles. The number of hydrogen-bond donors (Lipinski definition) is 1. The number of piperidine rings is 1. The lowest BCUT2D eigenvalue weighted by molar-refractivity contribution is -0.141. The van der Waals surface area contributed by atoms with E-state index in [-0.39, 0.29) is 11.6 Å². The number of rotatable bonds is 4. The highest BCUT2D eigenvalue weighted by Crippen LogP contribution is 2.24. The minimum atomic E-state index is -0.540. The van der Waals surface area contributed by atoms with Gasteiger partial charge in [-0.25, -0.2) is 4.68 Å². The average molecular weight is 315 g/mol. The van der Waals surface area contributed by atoms with Crippen molar-refractivity contribution >= 4 is 23.3 Å². The van der Waals surface area contributed by atoms with Gasteiger partial charge in [0.25, 0.3) is 5.56 Å². The van der Waals surface area contributed by atoms with Crippen LogP contribution in [0.4, 0.5) is 5.69 Å². The summed E-state index contributed by atoms with van der Waals surface area (Å²) in [5.74, 6) is -0.540. The van der Waals surface area contributed by atoms with E-state index in [1.165, 1.54) is 13.3 Å². The molecular formula is C13H19ClN4O3. The first-order chi connectivity index (χ1) is 10.1. The van der Waals surface area contributed by atoms with Crippen LogP contribution in [0.15, 0.2) is 11.0 Å². The third kappa shape index (κ3) is 3.54. The van der Waals surface area contributed by atoms with Crippen LogP contribution in [0, 0.1) is 0 Å². The number of carbonyl (C=O) groups is 1. The quantitative estimate of drug-likeness (QED) is 0.803. The summed E-state index contributed by atoms with van der Waals surface area (Å²) in [5.41, 5.74) is 0.133. The molecule has 1 N–H and O–H groups in total. The Kier molecular flexibility index (Phi) is 5.19. The Morgan fingerprint density at radius 2 is 2.38 bits per heavy atom. The normalized spacial score (nSPS) is 18.6.